The molecule has 0 aliphatic carbocycles. The molecule has 19 heavy (non-hydrogen) atoms. The zero-order chi connectivity index (χ0) is 14.0. The zero-order valence-corrected chi connectivity index (χ0v) is 10.9. The van der Waals surface area contributed by atoms with Gasteiger partial charge in [0.05, 0.1) is 10.6 Å². The molecule has 0 aromatic heterocycles. The Morgan fingerprint density at radius 1 is 1.32 bits per heavy atom. The van der Waals surface area contributed by atoms with Crippen LogP contribution < -0.4 is 10.5 Å². The maximum atomic E-state index is 13.7. The van der Waals surface area contributed by atoms with Crippen LogP contribution in [-0.2, 0) is 10.0 Å². The maximum absolute atomic E-state index is 13.7. The monoisotopic (exact) mass is 287 g/mol. The fourth-order valence-electron chi connectivity index (χ4n) is 1.89. The predicted molar refractivity (Wildman–Crippen MR) is 67.6 cm³/mol. The summed E-state index contributed by atoms with van der Waals surface area (Å²) in [4.78, 5) is 13.0. The molecule has 0 radical (unpaired) electrons. The van der Waals surface area contributed by atoms with Crippen LogP contribution in [0.15, 0.2) is 23.1 Å². The van der Waals surface area contributed by atoms with Gasteiger partial charge in [-0.1, -0.05) is 0 Å². The fraction of sp³-hybridized carbons (Fsp3) is 0.364. The maximum Gasteiger partial charge on any atom is 0.321 e. The Balaban J connectivity index is 2.15. The number of rotatable bonds is 2. The molecule has 0 atom stereocenters. The van der Waals surface area contributed by atoms with Crippen molar-refractivity contribution >= 4 is 21.7 Å². The molecule has 0 bridgehead atoms. The van der Waals surface area contributed by atoms with E-state index in [9.17, 15) is 17.6 Å². The van der Waals surface area contributed by atoms with E-state index >= 15 is 0 Å². The molecular formula is C11H14FN3O3S. The largest absolute Gasteiger partial charge is 0.325 e. The zero-order valence-electron chi connectivity index (χ0n) is 10.1. The lowest BCUT2D eigenvalue weighted by atomic mass is 10.3. The van der Waals surface area contributed by atoms with Crippen LogP contribution in [0.4, 0.5) is 14.9 Å². The number of primary sulfonamides is 1. The normalized spacial score (nSPS) is 15.6. The van der Waals surface area contributed by atoms with Crippen LogP contribution in [0.3, 0.4) is 0 Å². The number of nitrogens with one attached hydrogen (secondary N) is 1. The number of nitrogens with zero attached hydrogens (tertiary/aromatic N) is 1. The number of benzene rings is 1. The topological polar surface area (TPSA) is 92.5 Å². The van der Waals surface area contributed by atoms with Crippen LogP contribution in [-0.4, -0.2) is 32.4 Å². The number of nitrogens with two attached hydrogens (primary N) is 1. The number of anilines is 1. The minimum absolute atomic E-state index is 0.0655. The average molecular weight is 287 g/mol. The Morgan fingerprint density at radius 2 is 1.95 bits per heavy atom. The molecular weight excluding hydrogens is 273 g/mol. The number of halogens is 1. The molecule has 3 N–H and O–H groups in total. The Labute approximate surface area is 110 Å². The molecule has 1 aliphatic heterocycles. The summed E-state index contributed by atoms with van der Waals surface area (Å²) in [6.45, 7) is 1.28. The first kappa shape index (κ1) is 13.8. The molecule has 1 saturated heterocycles. The molecule has 1 aliphatic rings. The molecule has 2 amide bonds. The Bertz CT molecular complexity index is 597. The third-order valence-corrected chi connectivity index (χ3v) is 3.81. The molecule has 8 heteroatoms. The molecule has 1 aromatic rings. The SMILES string of the molecule is NS(=O)(=O)c1ccc(NC(=O)N2CCCC2)c(F)c1. The lowest BCUT2D eigenvalue weighted by molar-refractivity contribution is 0.222. The summed E-state index contributed by atoms with van der Waals surface area (Å²) in [5.74, 6) is -0.834. The number of hydrogen-bond donors (Lipinski definition) is 2. The van der Waals surface area contributed by atoms with Gasteiger partial charge in [0, 0.05) is 13.1 Å². The summed E-state index contributed by atoms with van der Waals surface area (Å²) >= 11 is 0. The summed E-state index contributed by atoms with van der Waals surface area (Å²) in [6.07, 6.45) is 1.86. The van der Waals surface area contributed by atoms with Gasteiger partial charge in [-0.15, -0.1) is 0 Å². The first-order valence-corrected chi connectivity index (χ1v) is 7.31. The number of sulfonamides is 1. The smallest absolute Gasteiger partial charge is 0.321 e. The Kier molecular flexibility index (Phi) is 3.72. The third-order valence-electron chi connectivity index (χ3n) is 2.90. The Hall–Kier alpha value is -1.67. The average Bonchev–Trinajstić information content (AvgIpc) is 2.84. The summed E-state index contributed by atoms with van der Waals surface area (Å²) < 4.78 is 35.8. The number of amides is 2. The van der Waals surface area contributed by atoms with Crippen molar-refractivity contribution in [3.05, 3.63) is 24.0 Å². The van der Waals surface area contributed by atoms with E-state index in [0.29, 0.717) is 13.1 Å². The van der Waals surface area contributed by atoms with Crippen LogP contribution in [0.25, 0.3) is 0 Å². The molecule has 0 unspecified atom stereocenters. The van der Waals surface area contributed by atoms with E-state index in [-0.39, 0.29) is 16.6 Å². The lowest BCUT2D eigenvalue weighted by Crippen LogP contribution is -2.32. The predicted octanol–water partition coefficient (Wildman–Crippen LogP) is 1.10. The second-order valence-electron chi connectivity index (χ2n) is 4.31. The highest BCUT2D eigenvalue weighted by atomic mass is 32.2. The minimum atomic E-state index is -3.95. The van der Waals surface area contributed by atoms with Crippen molar-refractivity contribution in [2.75, 3.05) is 18.4 Å². The highest BCUT2D eigenvalue weighted by Crippen LogP contribution is 2.19. The highest BCUT2D eigenvalue weighted by Gasteiger charge is 2.19. The van der Waals surface area contributed by atoms with Crippen LogP contribution in [0, 0.1) is 5.82 Å². The molecule has 0 saturated carbocycles. The molecule has 1 aromatic carbocycles. The van der Waals surface area contributed by atoms with Gasteiger partial charge in [0.15, 0.2) is 0 Å². The number of likely N-dealkylation sites (tertiary alicyclic amines) is 1. The van der Waals surface area contributed by atoms with Crippen molar-refractivity contribution in [2.45, 2.75) is 17.7 Å². The van der Waals surface area contributed by atoms with Gasteiger partial charge in [-0.2, -0.15) is 0 Å². The molecule has 0 spiro atoms. The van der Waals surface area contributed by atoms with Gasteiger partial charge in [0.2, 0.25) is 10.0 Å². The van der Waals surface area contributed by atoms with Crippen molar-refractivity contribution in [1.82, 2.24) is 4.90 Å². The van der Waals surface area contributed by atoms with Crippen LogP contribution >= 0.6 is 0 Å². The van der Waals surface area contributed by atoms with Gasteiger partial charge in [0.1, 0.15) is 5.82 Å². The van der Waals surface area contributed by atoms with Crippen molar-refractivity contribution in [2.24, 2.45) is 5.14 Å². The summed E-state index contributed by atoms with van der Waals surface area (Å²) in [7, 11) is -3.95. The van der Waals surface area contributed by atoms with Gasteiger partial charge < -0.3 is 10.2 Å². The van der Waals surface area contributed by atoms with Crippen LogP contribution in [0.2, 0.25) is 0 Å². The van der Waals surface area contributed by atoms with Gasteiger partial charge in [0.25, 0.3) is 0 Å². The van der Waals surface area contributed by atoms with Crippen LogP contribution in [0.1, 0.15) is 12.8 Å². The fourth-order valence-corrected chi connectivity index (χ4v) is 2.41. The molecule has 104 valence electrons. The van der Waals surface area contributed by atoms with Gasteiger partial charge in [-0.25, -0.2) is 22.7 Å². The second-order valence-corrected chi connectivity index (χ2v) is 5.87. The van der Waals surface area contributed by atoms with E-state index in [1.807, 2.05) is 0 Å². The van der Waals surface area contributed by atoms with E-state index in [4.69, 9.17) is 5.14 Å². The van der Waals surface area contributed by atoms with E-state index in [1.54, 1.807) is 4.90 Å². The number of carbonyl (C=O) groups excluding carboxylic acids is 1. The number of urea groups is 1. The van der Waals surface area contributed by atoms with Gasteiger partial charge in [-0.3, -0.25) is 0 Å². The van der Waals surface area contributed by atoms with Gasteiger partial charge in [-0.05, 0) is 31.0 Å². The number of hydrogen-bond acceptors (Lipinski definition) is 3. The summed E-state index contributed by atoms with van der Waals surface area (Å²) in [5.41, 5.74) is -0.0655. The van der Waals surface area contributed by atoms with Crippen LogP contribution in [0.5, 0.6) is 0 Å². The molecule has 1 heterocycles. The number of carbonyl (C=O) groups is 1. The third kappa shape index (κ3) is 3.21. The molecule has 6 nitrogen and oxygen atoms in total. The van der Waals surface area contributed by atoms with Crippen molar-refractivity contribution < 1.29 is 17.6 Å². The minimum Gasteiger partial charge on any atom is -0.325 e. The van der Waals surface area contributed by atoms with Crippen molar-refractivity contribution in [1.29, 1.82) is 0 Å². The van der Waals surface area contributed by atoms with E-state index < -0.39 is 15.8 Å². The molecule has 2 rings (SSSR count). The standard InChI is InChI=1S/C11H14FN3O3S/c12-9-7-8(19(13,17)18)3-4-10(9)14-11(16)15-5-1-2-6-15/h3-4,7H,1-2,5-6H2,(H,14,16)(H2,13,17,18). The summed E-state index contributed by atoms with van der Waals surface area (Å²) in [5, 5.41) is 7.29. The second kappa shape index (κ2) is 5.14. The highest BCUT2D eigenvalue weighted by molar-refractivity contribution is 7.89. The first-order valence-electron chi connectivity index (χ1n) is 5.76. The van der Waals surface area contributed by atoms with Crippen molar-refractivity contribution in [3.8, 4) is 0 Å². The van der Waals surface area contributed by atoms with Crippen molar-refractivity contribution in [3.63, 3.8) is 0 Å². The lowest BCUT2D eigenvalue weighted by Gasteiger charge is -2.16. The van der Waals surface area contributed by atoms with E-state index in [0.717, 1.165) is 25.0 Å². The summed E-state index contributed by atoms with van der Waals surface area (Å²) in [6, 6.07) is 2.73. The van der Waals surface area contributed by atoms with E-state index in [1.165, 1.54) is 6.07 Å². The molecule has 1 fully saturated rings. The quantitative estimate of drug-likeness (QED) is 0.853. The first-order chi connectivity index (χ1) is 8.88. The van der Waals surface area contributed by atoms with E-state index in [2.05, 4.69) is 5.32 Å². The Morgan fingerprint density at radius 3 is 2.47 bits per heavy atom. The van der Waals surface area contributed by atoms with Gasteiger partial charge >= 0.3 is 6.03 Å².